The molecule has 2 heteroatoms. The van der Waals surface area contributed by atoms with Crippen molar-refractivity contribution in [2.24, 2.45) is 5.92 Å². The molecule has 1 heterocycles. The third-order valence-electron chi connectivity index (χ3n) is 3.01. The summed E-state index contributed by atoms with van der Waals surface area (Å²) in [6.45, 7) is 5.69. The minimum atomic E-state index is 0.523. The van der Waals surface area contributed by atoms with Crippen molar-refractivity contribution in [3.8, 4) is 12.3 Å². The van der Waals surface area contributed by atoms with Crippen LogP contribution in [0.4, 0.5) is 0 Å². The maximum absolute atomic E-state index is 5.31. The van der Waals surface area contributed by atoms with Gasteiger partial charge in [0.2, 0.25) is 0 Å². The molecule has 0 amide bonds. The van der Waals surface area contributed by atoms with Crippen molar-refractivity contribution in [1.29, 1.82) is 0 Å². The summed E-state index contributed by atoms with van der Waals surface area (Å²) < 4.78 is 0. The lowest BCUT2D eigenvalue weighted by Gasteiger charge is -2.25. The molecule has 0 aromatic rings. The van der Waals surface area contributed by atoms with Gasteiger partial charge in [0.1, 0.15) is 0 Å². The van der Waals surface area contributed by atoms with Crippen LogP contribution in [0, 0.1) is 18.3 Å². The first kappa shape index (κ1) is 11.6. The monoisotopic (exact) mass is 194 g/mol. The molecule has 80 valence electrons. The number of rotatable bonds is 5. The SMILES string of the molecule is C#CCC(CC)NCC1CCNCC1. The Hall–Kier alpha value is -0.520. The van der Waals surface area contributed by atoms with E-state index in [1.807, 2.05) is 0 Å². The maximum Gasteiger partial charge on any atom is 0.0240 e. The molecule has 0 radical (unpaired) electrons. The number of nitrogens with one attached hydrogen (secondary N) is 2. The summed E-state index contributed by atoms with van der Waals surface area (Å²) in [6.07, 6.45) is 9.92. The van der Waals surface area contributed by atoms with Gasteiger partial charge in [0, 0.05) is 12.5 Å². The molecular weight excluding hydrogens is 172 g/mol. The molecule has 2 N–H and O–H groups in total. The normalized spacial score (nSPS) is 20.3. The molecule has 0 bridgehead atoms. The van der Waals surface area contributed by atoms with Gasteiger partial charge >= 0.3 is 0 Å². The lowest BCUT2D eigenvalue weighted by Crippen LogP contribution is -2.37. The third kappa shape index (κ3) is 4.13. The Morgan fingerprint density at radius 1 is 1.50 bits per heavy atom. The average Bonchev–Trinajstić information content (AvgIpc) is 2.25. The lowest BCUT2D eigenvalue weighted by atomic mass is 9.97. The van der Waals surface area contributed by atoms with Gasteiger partial charge in [-0.1, -0.05) is 6.92 Å². The molecule has 1 saturated heterocycles. The van der Waals surface area contributed by atoms with Crippen molar-refractivity contribution < 1.29 is 0 Å². The zero-order valence-corrected chi connectivity index (χ0v) is 9.18. The predicted octanol–water partition coefficient (Wildman–Crippen LogP) is 1.38. The highest BCUT2D eigenvalue weighted by molar-refractivity contribution is 4.89. The minimum absolute atomic E-state index is 0.523. The van der Waals surface area contributed by atoms with Gasteiger partial charge in [-0.05, 0) is 44.8 Å². The summed E-state index contributed by atoms with van der Waals surface area (Å²) in [6, 6.07) is 0.523. The van der Waals surface area contributed by atoms with Crippen molar-refractivity contribution >= 4 is 0 Å². The number of hydrogen-bond donors (Lipinski definition) is 2. The molecule has 0 spiro atoms. The van der Waals surface area contributed by atoms with Crippen LogP contribution in [-0.4, -0.2) is 25.7 Å². The second-order valence-electron chi connectivity index (χ2n) is 4.12. The number of piperidine rings is 1. The van der Waals surface area contributed by atoms with Crippen LogP contribution in [0.2, 0.25) is 0 Å². The molecule has 0 aromatic carbocycles. The Kier molecular flexibility index (Phi) is 5.66. The fourth-order valence-corrected chi connectivity index (χ4v) is 1.92. The Morgan fingerprint density at radius 2 is 2.21 bits per heavy atom. The molecule has 0 saturated carbocycles. The molecule has 0 aliphatic carbocycles. The molecule has 1 fully saturated rings. The summed E-state index contributed by atoms with van der Waals surface area (Å²) in [5.41, 5.74) is 0. The van der Waals surface area contributed by atoms with Gasteiger partial charge in [0.25, 0.3) is 0 Å². The first-order valence-corrected chi connectivity index (χ1v) is 5.74. The maximum atomic E-state index is 5.31. The van der Waals surface area contributed by atoms with Crippen LogP contribution in [-0.2, 0) is 0 Å². The van der Waals surface area contributed by atoms with Gasteiger partial charge in [0.05, 0.1) is 0 Å². The molecule has 0 aromatic heterocycles. The molecule has 1 aliphatic rings. The molecule has 1 aliphatic heterocycles. The van der Waals surface area contributed by atoms with E-state index in [1.54, 1.807) is 0 Å². The van der Waals surface area contributed by atoms with Crippen molar-refractivity contribution in [3.63, 3.8) is 0 Å². The van der Waals surface area contributed by atoms with E-state index in [0.29, 0.717) is 6.04 Å². The van der Waals surface area contributed by atoms with Crippen LogP contribution in [0.25, 0.3) is 0 Å². The van der Waals surface area contributed by atoms with E-state index in [0.717, 1.165) is 25.3 Å². The smallest absolute Gasteiger partial charge is 0.0240 e. The van der Waals surface area contributed by atoms with E-state index >= 15 is 0 Å². The Balaban J connectivity index is 2.14. The zero-order valence-electron chi connectivity index (χ0n) is 9.18. The topological polar surface area (TPSA) is 24.1 Å². The summed E-state index contributed by atoms with van der Waals surface area (Å²) >= 11 is 0. The number of hydrogen-bond acceptors (Lipinski definition) is 2. The predicted molar refractivity (Wildman–Crippen MR) is 61.1 cm³/mol. The first-order valence-electron chi connectivity index (χ1n) is 5.74. The summed E-state index contributed by atoms with van der Waals surface area (Å²) in [7, 11) is 0. The van der Waals surface area contributed by atoms with Gasteiger partial charge in [-0.25, -0.2) is 0 Å². The molecule has 1 unspecified atom stereocenters. The first-order chi connectivity index (χ1) is 6.86. The molecule has 14 heavy (non-hydrogen) atoms. The van der Waals surface area contributed by atoms with E-state index in [2.05, 4.69) is 23.5 Å². The minimum Gasteiger partial charge on any atom is -0.317 e. The lowest BCUT2D eigenvalue weighted by molar-refractivity contribution is 0.337. The van der Waals surface area contributed by atoms with Gasteiger partial charge in [-0.2, -0.15) is 0 Å². The average molecular weight is 194 g/mol. The molecular formula is C12H22N2. The highest BCUT2D eigenvalue weighted by Gasteiger charge is 2.13. The van der Waals surface area contributed by atoms with Gasteiger partial charge in [-0.15, -0.1) is 12.3 Å². The van der Waals surface area contributed by atoms with Crippen LogP contribution in [0.5, 0.6) is 0 Å². The molecule has 1 atom stereocenters. The Bertz CT molecular complexity index is 177. The van der Waals surface area contributed by atoms with Gasteiger partial charge in [-0.3, -0.25) is 0 Å². The fourth-order valence-electron chi connectivity index (χ4n) is 1.92. The zero-order chi connectivity index (χ0) is 10.2. The van der Waals surface area contributed by atoms with Crippen molar-refractivity contribution in [3.05, 3.63) is 0 Å². The molecule has 2 nitrogen and oxygen atoms in total. The van der Waals surface area contributed by atoms with E-state index in [9.17, 15) is 0 Å². The quantitative estimate of drug-likeness (QED) is 0.646. The fraction of sp³-hybridized carbons (Fsp3) is 0.833. The standard InChI is InChI=1S/C12H22N2/c1-3-5-12(4-2)14-10-11-6-8-13-9-7-11/h1,11-14H,4-10H2,2H3. The van der Waals surface area contributed by atoms with Crippen LogP contribution in [0.15, 0.2) is 0 Å². The second kappa shape index (κ2) is 6.86. The third-order valence-corrected chi connectivity index (χ3v) is 3.01. The Morgan fingerprint density at radius 3 is 2.79 bits per heavy atom. The van der Waals surface area contributed by atoms with Crippen molar-refractivity contribution in [1.82, 2.24) is 10.6 Å². The molecule has 1 rings (SSSR count). The highest BCUT2D eigenvalue weighted by Crippen LogP contribution is 2.10. The Labute approximate surface area is 87.8 Å². The van der Waals surface area contributed by atoms with Crippen LogP contribution < -0.4 is 10.6 Å². The summed E-state index contributed by atoms with van der Waals surface area (Å²) in [4.78, 5) is 0. The van der Waals surface area contributed by atoms with Crippen molar-refractivity contribution in [2.75, 3.05) is 19.6 Å². The van der Waals surface area contributed by atoms with Crippen LogP contribution in [0.1, 0.15) is 32.6 Å². The van der Waals surface area contributed by atoms with E-state index in [-0.39, 0.29) is 0 Å². The largest absolute Gasteiger partial charge is 0.317 e. The van der Waals surface area contributed by atoms with Crippen molar-refractivity contribution in [2.45, 2.75) is 38.6 Å². The summed E-state index contributed by atoms with van der Waals surface area (Å²) in [5, 5.41) is 6.95. The van der Waals surface area contributed by atoms with Crippen LogP contribution in [0.3, 0.4) is 0 Å². The van der Waals surface area contributed by atoms with E-state index < -0.39 is 0 Å². The van der Waals surface area contributed by atoms with E-state index in [1.165, 1.54) is 25.9 Å². The second-order valence-corrected chi connectivity index (χ2v) is 4.12. The van der Waals surface area contributed by atoms with Gasteiger partial charge in [0.15, 0.2) is 0 Å². The number of terminal acetylenes is 1. The van der Waals surface area contributed by atoms with Crippen LogP contribution >= 0.6 is 0 Å². The summed E-state index contributed by atoms with van der Waals surface area (Å²) in [5.74, 6) is 3.58. The highest BCUT2D eigenvalue weighted by atomic mass is 14.9. The van der Waals surface area contributed by atoms with E-state index in [4.69, 9.17) is 6.42 Å². The van der Waals surface area contributed by atoms with Gasteiger partial charge < -0.3 is 10.6 Å².